The lowest BCUT2D eigenvalue weighted by molar-refractivity contribution is -0.143. The molecule has 2 aromatic rings. The molecule has 7 nitrogen and oxygen atoms in total. The lowest BCUT2D eigenvalue weighted by atomic mass is 9.92. The average molecular weight is 371 g/mol. The summed E-state index contributed by atoms with van der Waals surface area (Å²) in [6.07, 6.45) is 5.05. The highest BCUT2D eigenvalue weighted by atomic mass is 16.5. The van der Waals surface area contributed by atoms with E-state index in [1.807, 2.05) is 13.0 Å². The van der Waals surface area contributed by atoms with Gasteiger partial charge >= 0.3 is 5.97 Å². The number of rotatable bonds is 5. The van der Waals surface area contributed by atoms with Gasteiger partial charge < -0.3 is 14.5 Å². The first-order valence-electron chi connectivity index (χ1n) is 9.82. The van der Waals surface area contributed by atoms with E-state index in [0.717, 1.165) is 30.7 Å². The van der Waals surface area contributed by atoms with Crippen LogP contribution in [0.3, 0.4) is 0 Å². The van der Waals surface area contributed by atoms with E-state index in [2.05, 4.69) is 17.1 Å². The number of piperidine rings is 1. The second kappa shape index (κ2) is 6.94. The molecule has 1 N–H and O–H groups in total. The Hall–Kier alpha value is -2.44. The van der Waals surface area contributed by atoms with Crippen molar-refractivity contribution in [1.82, 2.24) is 15.0 Å². The molecule has 27 heavy (non-hydrogen) atoms. The topological polar surface area (TPSA) is 96.5 Å². The Labute approximate surface area is 157 Å². The summed E-state index contributed by atoms with van der Waals surface area (Å²) < 4.78 is 5.46. The van der Waals surface area contributed by atoms with E-state index in [-0.39, 0.29) is 18.5 Å². The van der Waals surface area contributed by atoms with Crippen LogP contribution in [0.4, 0.5) is 0 Å². The Bertz CT molecular complexity index is 887. The molecular formula is C20H25N3O4. The van der Waals surface area contributed by atoms with Crippen molar-refractivity contribution >= 4 is 23.0 Å². The molecule has 2 fully saturated rings. The molecule has 2 aromatic heterocycles. The van der Waals surface area contributed by atoms with Gasteiger partial charge in [0.1, 0.15) is 0 Å². The molecule has 1 aliphatic carbocycles. The number of aliphatic carboxylic acids is 1. The standard InChI is InChI=1S/C20H25N3O4/c1-3-4-15-17-14(9-16(12-7-8-12)21-18(17)27-22-15)19(24)23-10-13(20(25)26)6-5-11(23)2/h9,11-13H,3-8,10H2,1-2H3,(H,25,26). The highest BCUT2D eigenvalue weighted by molar-refractivity contribution is 6.06. The first kappa shape index (κ1) is 17.9. The van der Waals surface area contributed by atoms with Crippen molar-refractivity contribution in [2.24, 2.45) is 5.92 Å². The maximum Gasteiger partial charge on any atom is 0.308 e. The lowest BCUT2D eigenvalue weighted by Crippen LogP contribution is -2.47. The molecule has 1 saturated carbocycles. The number of pyridine rings is 1. The summed E-state index contributed by atoms with van der Waals surface area (Å²) in [5, 5.41) is 14.2. The van der Waals surface area contributed by atoms with Crippen LogP contribution in [0.2, 0.25) is 0 Å². The molecule has 4 rings (SSSR count). The monoisotopic (exact) mass is 371 g/mol. The molecular weight excluding hydrogens is 346 g/mol. The van der Waals surface area contributed by atoms with Crippen molar-refractivity contribution in [3.63, 3.8) is 0 Å². The Morgan fingerprint density at radius 1 is 1.30 bits per heavy atom. The number of likely N-dealkylation sites (tertiary alicyclic amines) is 1. The zero-order valence-electron chi connectivity index (χ0n) is 15.8. The predicted molar refractivity (Wildman–Crippen MR) is 98.6 cm³/mol. The van der Waals surface area contributed by atoms with Gasteiger partial charge in [-0.1, -0.05) is 18.5 Å². The first-order valence-corrected chi connectivity index (χ1v) is 9.82. The Morgan fingerprint density at radius 3 is 2.74 bits per heavy atom. The van der Waals surface area contributed by atoms with Gasteiger partial charge in [0.25, 0.3) is 11.6 Å². The van der Waals surface area contributed by atoms with E-state index in [1.165, 1.54) is 0 Å². The fourth-order valence-corrected chi connectivity index (χ4v) is 3.94. The number of amides is 1. The third kappa shape index (κ3) is 3.31. The summed E-state index contributed by atoms with van der Waals surface area (Å²) in [5.74, 6) is -1.10. The van der Waals surface area contributed by atoms with Crippen LogP contribution in [0, 0.1) is 5.92 Å². The first-order chi connectivity index (χ1) is 13.0. The average Bonchev–Trinajstić information content (AvgIpc) is 3.43. The molecule has 1 saturated heterocycles. The van der Waals surface area contributed by atoms with E-state index in [1.54, 1.807) is 4.90 Å². The molecule has 2 aliphatic rings. The summed E-state index contributed by atoms with van der Waals surface area (Å²) >= 11 is 0. The summed E-state index contributed by atoms with van der Waals surface area (Å²) in [5.41, 5.74) is 2.62. The van der Waals surface area contributed by atoms with Crippen LogP contribution < -0.4 is 0 Å². The van der Waals surface area contributed by atoms with E-state index in [0.29, 0.717) is 41.8 Å². The van der Waals surface area contributed by atoms with Gasteiger partial charge in [0.2, 0.25) is 0 Å². The largest absolute Gasteiger partial charge is 0.481 e. The maximum atomic E-state index is 13.5. The van der Waals surface area contributed by atoms with Crippen molar-refractivity contribution in [1.29, 1.82) is 0 Å². The van der Waals surface area contributed by atoms with Crippen molar-refractivity contribution in [3.8, 4) is 0 Å². The number of nitrogens with zero attached hydrogens (tertiary/aromatic N) is 3. The zero-order chi connectivity index (χ0) is 19.1. The Kier molecular flexibility index (Phi) is 4.61. The molecule has 2 unspecified atom stereocenters. The van der Waals surface area contributed by atoms with Gasteiger partial charge in [-0.25, -0.2) is 4.98 Å². The van der Waals surface area contributed by atoms with Crippen molar-refractivity contribution in [3.05, 3.63) is 23.0 Å². The maximum absolute atomic E-state index is 13.5. The third-order valence-corrected chi connectivity index (χ3v) is 5.74. The molecule has 1 aliphatic heterocycles. The van der Waals surface area contributed by atoms with Crippen LogP contribution in [-0.4, -0.2) is 44.6 Å². The van der Waals surface area contributed by atoms with Crippen molar-refractivity contribution < 1.29 is 19.2 Å². The second-order valence-corrected chi connectivity index (χ2v) is 7.85. The number of carboxylic acids is 1. The Balaban J connectivity index is 1.77. The molecule has 3 heterocycles. The number of aryl methyl sites for hydroxylation is 1. The van der Waals surface area contributed by atoms with Gasteiger partial charge in [0.15, 0.2) is 0 Å². The van der Waals surface area contributed by atoms with Crippen LogP contribution in [0.5, 0.6) is 0 Å². The summed E-state index contributed by atoms with van der Waals surface area (Å²) in [7, 11) is 0. The molecule has 0 aromatic carbocycles. The van der Waals surface area contributed by atoms with Crippen LogP contribution in [-0.2, 0) is 11.2 Å². The van der Waals surface area contributed by atoms with Gasteiger partial charge in [0.05, 0.1) is 22.6 Å². The van der Waals surface area contributed by atoms with E-state index in [9.17, 15) is 14.7 Å². The number of carbonyl (C=O) groups excluding carboxylic acids is 1. The quantitative estimate of drug-likeness (QED) is 0.865. The summed E-state index contributed by atoms with van der Waals surface area (Å²) in [6, 6.07) is 1.89. The Morgan fingerprint density at radius 2 is 2.07 bits per heavy atom. The predicted octanol–water partition coefficient (Wildman–Crippen LogP) is 3.38. The van der Waals surface area contributed by atoms with Gasteiger partial charge in [-0.2, -0.15) is 0 Å². The minimum Gasteiger partial charge on any atom is -0.481 e. The van der Waals surface area contributed by atoms with Gasteiger partial charge in [-0.05, 0) is 45.1 Å². The second-order valence-electron chi connectivity index (χ2n) is 7.85. The van der Waals surface area contributed by atoms with Crippen LogP contribution in [0.15, 0.2) is 10.6 Å². The van der Waals surface area contributed by atoms with Crippen LogP contribution in [0.1, 0.15) is 73.6 Å². The highest BCUT2D eigenvalue weighted by Crippen LogP contribution is 2.41. The van der Waals surface area contributed by atoms with Crippen LogP contribution in [0.25, 0.3) is 11.1 Å². The number of aromatic nitrogens is 2. The molecule has 0 bridgehead atoms. The fraction of sp³-hybridized carbons (Fsp3) is 0.600. The van der Waals surface area contributed by atoms with E-state index >= 15 is 0 Å². The smallest absolute Gasteiger partial charge is 0.308 e. The van der Waals surface area contributed by atoms with E-state index in [4.69, 9.17) is 4.52 Å². The van der Waals surface area contributed by atoms with Crippen molar-refractivity contribution in [2.45, 2.75) is 64.3 Å². The molecule has 0 radical (unpaired) electrons. The molecule has 2 atom stereocenters. The van der Waals surface area contributed by atoms with E-state index < -0.39 is 11.9 Å². The summed E-state index contributed by atoms with van der Waals surface area (Å²) in [6.45, 7) is 4.28. The normalized spacial score (nSPS) is 23.0. The van der Waals surface area contributed by atoms with Crippen LogP contribution >= 0.6 is 0 Å². The number of carbonyl (C=O) groups is 2. The van der Waals surface area contributed by atoms with Crippen molar-refractivity contribution in [2.75, 3.05) is 6.54 Å². The molecule has 7 heteroatoms. The summed E-state index contributed by atoms with van der Waals surface area (Å²) in [4.78, 5) is 31.2. The zero-order valence-corrected chi connectivity index (χ0v) is 15.8. The fourth-order valence-electron chi connectivity index (χ4n) is 3.94. The highest BCUT2D eigenvalue weighted by Gasteiger charge is 2.35. The minimum atomic E-state index is -0.838. The van der Waals surface area contributed by atoms with Gasteiger partial charge in [0, 0.05) is 24.2 Å². The SMILES string of the molecule is CCCc1noc2nc(C3CC3)cc(C(=O)N3CC(C(=O)O)CCC3C)c12. The number of hydrogen-bond donors (Lipinski definition) is 1. The number of carboxylic acid groups (broad SMARTS) is 1. The third-order valence-electron chi connectivity index (χ3n) is 5.74. The van der Waals surface area contributed by atoms with Gasteiger partial charge in [-0.3, -0.25) is 9.59 Å². The minimum absolute atomic E-state index is 0.00942. The molecule has 1 amide bonds. The molecule has 144 valence electrons. The lowest BCUT2D eigenvalue weighted by Gasteiger charge is -2.36. The number of hydrogen-bond acceptors (Lipinski definition) is 5. The van der Waals surface area contributed by atoms with Gasteiger partial charge in [-0.15, -0.1) is 0 Å². The number of fused-ring (bicyclic) bond motifs is 1. The molecule has 0 spiro atoms.